The predicted molar refractivity (Wildman–Crippen MR) is 73.1 cm³/mol. The number of anilines is 1. The zero-order valence-corrected chi connectivity index (χ0v) is 11.8. The molecule has 0 saturated heterocycles. The third-order valence-electron chi connectivity index (χ3n) is 3.59. The Morgan fingerprint density at radius 2 is 2.06 bits per heavy atom. The maximum Gasteiger partial charge on any atom is 0.181 e. The van der Waals surface area contributed by atoms with E-state index in [0.29, 0.717) is 5.13 Å². The molecule has 1 fully saturated rings. The predicted octanol–water partition coefficient (Wildman–Crippen LogP) is 3.95. The second-order valence-corrected chi connectivity index (χ2v) is 7.53. The fraction of sp³-hybridized carbons (Fsp3) is 0.750. The van der Waals surface area contributed by atoms with Crippen molar-refractivity contribution < 1.29 is 0 Å². The number of hydrogen-bond donors (Lipinski definition) is 1. The van der Waals surface area contributed by atoms with Gasteiger partial charge in [-0.25, -0.2) is 4.98 Å². The summed E-state index contributed by atoms with van der Waals surface area (Å²) in [4.78, 5) is 4.29. The lowest BCUT2D eigenvalue weighted by molar-refractivity contribution is 0.283. The summed E-state index contributed by atoms with van der Waals surface area (Å²) < 4.78 is 1.32. The van der Waals surface area contributed by atoms with E-state index in [1.54, 1.807) is 11.3 Å². The van der Waals surface area contributed by atoms with Gasteiger partial charge in [0.05, 0.1) is 9.90 Å². The van der Waals surface area contributed by atoms with E-state index in [9.17, 15) is 0 Å². The van der Waals surface area contributed by atoms with E-state index in [-0.39, 0.29) is 0 Å². The standard InChI is InChI=1S/C12H20N2S2/c1-7-4-5-10(6-8(7)2)15-11-9(3)14-12(13)16-11/h7-8,10H,4-6H2,1-3H3,(H2,13,14). The Bertz CT molecular complexity index is 362. The average Bonchev–Trinajstić information content (AvgIpc) is 2.51. The number of nitrogens with zero attached hydrogens (tertiary/aromatic N) is 1. The van der Waals surface area contributed by atoms with Crippen molar-refractivity contribution in [3.8, 4) is 0 Å². The van der Waals surface area contributed by atoms with Crippen LogP contribution in [-0.4, -0.2) is 10.2 Å². The van der Waals surface area contributed by atoms with Gasteiger partial charge in [0.2, 0.25) is 0 Å². The smallest absolute Gasteiger partial charge is 0.181 e. The highest BCUT2D eigenvalue weighted by Gasteiger charge is 2.26. The number of nitrogen functional groups attached to an aromatic ring is 1. The number of hydrogen-bond acceptors (Lipinski definition) is 4. The van der Waals surface area contributed by atoms with E-state index in [2.05, 4.69) is 25.8 Å². The lowest BCUT2D eigenvalue weighted by Gasteiger charge is -2.31. The molecule has 2 nitrogen and oxygen atoms in total. The molecule has 2 rings (SSSR count). The summed E-state index contributed by atoms with van der Waals surface area (Å²) in [6.45, 7) is 6.82. The molecule has 3 atom stereocenters. The molecule has 0 aromatic carbocycles. The minimum atomic E-state index is 0.706. The summed E-state index contributed by atoms with van der Waals surface area (Å²) in [6.07, 6.45) is 4.04. The molecule has 1 saturated carbocycles. The Balaban J connectivity index is 1.98. The second kappa shape index (κ2) is 4.96. The number of aromatic nitrogens is 1. The van der Waals surface area contributed by atoms with Crippen molar-refractivity contribution in [3.05, 3.63) is 5.69 Å². The van der Waals surface area contributed by atoms with Gasteiger partial charge >= 0.3 is 0 Å². The van der Waals surface area contributed by atoms with Gasteiger partial charge in [-0.1, -0.05) is 25.2 Å². The number of nitrogens with two attached hydrogens (primary N) is 1. The summed E-state index contributed by atoms with van der Waals surface area (Å²) in [6, 6.07) is 0. The first-order valence-corrected chi connectivity index (χ1v) is 7.65. The van der Waals surface area contributed by atoms with Gasteiger partial charge in [-0.3, -0.25) is 0 Å². The van der Waals surface area contributed by atoms with Crippen LogP contribution in [0.4, 0.5) is 5.13 Å². The van der Waals surface area contributed by atoms with Crippen LogP contribution in [0, 0.1) is 18.8 Å². The van der Waals surface area contributed by atoms with Crippen LogP contribution >= 0.6 is 23.1 Å². The van der Waals surface area contributed by atoms with E-state index >= 15 is 0 Å². The van der Waals surface area contributed by atoms with Crippen LogP contribution in [0.2, 0.25) is 0 Å². The van der Waals surface area contributed by atoms with Crippen molar-refractivity contribution in [2.24, 2.45) is 11.8 Å². The highest BCUT2D eigenvalue weighted by molar-refractivity contribution is 8.01. The molecule has 1 aliphatic rings. The lowest BCUT2D eigenvalue weighted by atomic mass is 9.81. The minimum Gasteiger partial charge on any atom is -0.375 e. The van der Waals surface area contributed by atoms with Crippen molar-refractivity contribution in [1.29, 1.82) is 0 Å². The fourth-order valence-electron chi connectivity index (χ4n) is 2.27. The molecule has 1 heterocycles. The monoisotopic (exact) mass is 256 g/mol. The number of aryl methyl sites for hydroxylation is 1. The third-order valence-corrected chi connectivity index (χ3v) is 6.19. The van der Waals surface area contributed by atoms with Crippen molar-refractivity contribution in [1.82, 2.24) is 4.98 Å². The molecule has 0 spiro atoms. The summed E-state index contributed by atoms with van der Waals surface area (Å²) in [7, 11) is 0. The van der Waals surface area contributed by atoms with Gasteiger partial charge in [0.1, 0.15) is 0 Å². The van der Waals surface area contributed by atoms with Gasteiger partial charge < -0.3 is 5.73 Å². The van der Waals surface area contributed by atoms with Gasteiger partial charge in [-0.15, -0.1) is 11.8 Å². The molecule has 3 unspecified atom stereocenters. The van der Waals surface area contributed by atoms with Crippen LogP contribution in [0.15, 0.2) is 4.21 Å². The minimum absolute atomic E-state index is 0.706. The van der Waals surface area contributed by atoms with Gasteiger partial charge in [0.15, 0.2) is 5.13 Å². The highest BCUT2D eigenvalue weighted by Crippen LogP contribution is 2.41. The van der Waals surface area contributed by atoms with Crippen LogP contribution in [0.1, 0.15) is 38.8 Å². The number of rotatable bonds is 2. The molecule has 16 heavy (non-hydrogen) atoms. The maximum absolute atomic E-state index is 5.73. The van der Waals surface area contributed by atoms with E-state index in [4.69, 9.17) is 5.73 Å². The molecule has 0 amide bonds. The van der Waals surface area contributed by atoms with Crippen LogP contribution in [-0.2, 0) is 0 Å². The quantitative estimate of drug-likeness (QED) is 0.870. The van der Waals surface area contributed by atoms with E-state index in [1.165, 1.54) is 23.5 Å². The Labute approximate surface area is 106 Å². The zero-order chi connectivity index (χ0) is 11.7. The van der Waals surface area contributed by atoms with Crippen molar-refractivity contribution in [2.45, 2.75) is 49.5 Å². The summed E-state index contributed by atoms with van der Waals surface area (Å²) in [5, 5.41) is 1.47. The van der Waals surface area contributed by atoms with Crippen LogP contribution in [0.25, 0.3) is 0 Å². The molecule has 4 heteroatoms. The molecular weight excluding hydrogens is 236 g/mol. The Kier molecular flexibility index (Phi) is 3.80. The Morgan fingerprint density at radius 1 is 1.31 bits per heavy atom. The molecule has 90 valence electrons. The van der Waals surface area contributed by atoms with Crippen LogP contribution < -0.4 is 5.73 Å². The SMILES string of the molecule is Cc1nc(N)sc1SC1CCC(C)C(C)C1. The normalized spacial score (nSPS) is 30.6. The van der Waals surface area contributed by atoms with Crippen molar-refractivity contribution >= 4 is 28.2 Å². The zero-order valence-electron chi connectivity index (χ0n) is 10.2. The summed E-state index contributed by atoms with van der Waals surface area (Å²) in [5.41, 5.74) is 6.84. The van der Waals surface area contributed by atoms with E-state index in [1.807, 2.05) is 11.8 Å². The molecule has 1 aromatic rings. The number of thiazole rings is 1. The maximum atomic E-state index is 5.73. The lowest BCUT2D eigenvalue weighted by Crippen LogP contribution is -2.22. The molecule has 0 bridgehead atoms. The fourth-order valence-corrected chi connectivity index (χ4v) is 4.86. The molecule has 0 radical (unpaired) electrons. The first kappa shape index (κ1) is 12.2. The van der Waals surface area contributed by atoms with E-state index < -0.39 is 0 Å². The van der Waals surface area contributed by atoms with Gasteiger partial charge in [-0.2, -0.15) is 0 Å². The Morgan fingerprint density at radius 3 is 2.62 bits per heavy atom. The van der Waals surface area contributed by atoms with Crippen LogP contribution in [0.3, 0.4) is 0 Å². The van der Waals surface area contributed by atoms with Gasteiger partial charge in [-0.05, 0) is 38.0 Å². The highest BCUT2D eigenvalue weighted by atomic mass is 32.2. The van der Waals surface area contributed by atoms with Gasteiger partial charge in [0, 0.05) is 5.25 Å². The summed E-state index contributed by atoms with van der Waals surface area (Å²) >= 11 is 3.63. The molecule has 0 aliphatic heterocycles. The largest absolute Gasteiger partial charge is 0.375 e. The third kappa shape index (κ3) is 2.72. The van der Waals surface area contributed by atoms with Crippen molar-refractivity contribution in [3.63, 3.8) is 0 Å². The van der Waals surface area contributed by atoms with Crippen molar-refractivity contribution in [2.75, 3.05) is 5.73 Å². The molecular formula is C12H20N2S2. The molecule has 2 N–H and O–H groups in total. The first-order valence-electron chi connectivity index (χ1n) is 5.95. The van der Waals surface area contributed by atoms with Crippen LogP contribution in [0.5, 0.6) is 0 Å². The molecule has 1 aromatic heterocycles. The average molecular weight is 256 g/mol. The summed E-state index contributed by atoms with van der Waals surface area (Å²) in [5.74, 6) is 1.75. The van der Waals surface area contributed by atoms with E-state index in [0.717, 1.165) is 22.8 Å². The van der Waals surface area contributed by atoms with Gasteiger partial charge in [0.25, 0.3) is 0 Å². The first-order chi connectivity index (χ1) is 7.56. The molecule has 1 aliphatic carbocycles. The number of thioether (sulfide) groups is 1. The topological polar surface area (TPSA) is 38.9 Å². The Hall–Kier alpha value is -0.220. The second-order valence-electron chi connectivity index (χ2n) is 4.93.